The van der Waals surface area contributed by atoms with E-state index in [-0.39, 0.29) is 24.3 Å². The molecule has 0 atom stereocenters. The van der Waals surface area contributed by atoms with Crippen LogP contribution in [0.3, 0.4) is 0 Å². The van der Waals surface area contributed by atoms with Gasteiger partial charge in [0.25, 0.3) is 0 Å². The summed E-state index contributed by atoms with van der Waals surface area (Å²) in [6, 6.07) is 17.9. The van der Waals surface area contributed by atoms with E-state index in [0.29, 0.717) is 18.5 Å². The van der Waals surface area contributed by atoms with Gasteiger partial charge in [-0.05, 0) is 25.0 Å². The molecule has 150 valence electrons. The van der Waals surface area contributed by atoms with Gasteiger partial charge in [0.05, 0.1) is 10.6 Å². The number of rotatable bonds is 6. The van der Waals surface area contributed by atoms with Crippen molar-refractivity contribution in [1.82, 2.24) is 4.98 Å². The molecule has 0 N–H and O–H groups in total. The summed E-state index contributed by atoms with van der Waals surface area (Å²) in [6.45, 7) is -0.0335. The van der Waals surface area contributed by atoms with Crippen molar-refractivity contribution in [3.8, 4) is 10.6 Å². The van der Waals surface area contributed by atoms with E-state index in [1.165, 1.54) is 23.5 Å². The lowest BCUT2D eigenvalue weighted by atomic mass is 10.1. The molecular formula is C22H21NO4S2. The van der Waals surface area contributed by atoms with E-state index in [1.54, 1.807) is 18.2 Å². The molecule has 0 amide bonds. The minimum atomic E-state index is -3.83. The number of hydrogen-bond donors (Lipinski definition) is 0. The Labute approximate surface area is 174 Å². The topological polar surface area (TPSA) is 73.3 Å². The smallest absolute Gasteiger partial charge is 0.328 e. The van der Waals surface area contributed by atoms with E-state index < -0.39 is 20.6 Å². The van der Waals surface area contributed by atoms with Crippen LogP contribution in [0.1, 0.15) is 31.4 Å². The first-order valence-corrected chi connectivity index (χ1v) is 11.9. The number of carbonyl (C=O) groups is 1. The molecule has 1 fully saturated rings. The average molecular weight is 428 g/mol. The van der Waals surface area contributed by atoms with Gasteiger partial charge in [-0.15, -0.1) is 11.3 Å². The molecule has 1 aromatic heterocycles. The molecule has 1 saturated carbocycles. The SMILES string of the molecule is O=C(OCc1csc(-c2ccccc2)n1)C1(S(=O)(=O)c2ccccc2)CCCC1. The van der Waals surface area contributed by atoms with Crippen molar-refractivity contribution in [2.45, 2.75) is 41.9 Å². The Morgan fingerprint density at radius 3 is 2.28 bits per heavy atom. The molecule has 3 aromatic rings. The number of aromatic nitrogens is 1. The highest BCUT2D eigenvalue weighted by atomic mass is 32.2. The van der Waals surface area contributed by atoms with E-state index in [9.17, 15) is 13.2 Å². The van der Waals surface area contributed by atoms with E-state index in [2.05, 4.69) is 4.98 Å². The van der Waals surface area contributed by atoms with Crippen molar-refractivity contribution >= 4 is 27.1 Å². The van der Waals surface area contributed by atoms with Gasteiger partial charge in [0.1, 0.15) is 11.6 Å². The van der Waals surface area contributed by atoms with Crippen molar-refractivity contribution in [2.75, 3.05) is 0 Å². The first kappa shape index (κ1) is 19.8. The largest absolute Gasteiger partial charge is 0.458 e. The van der Waals surface area contributed by atoms with Gasteiger partial charge in [-0.3, -0.25) is 4.79 Å². The molecule has 7 heteroatoms. The van der Waals surface area contributed by atoms with E-state index in [4.69, 9.17) is 4.74 Å². The van der Waals surface area contributed by atoms with Gasteiger partial charge in [-0.2, -0.15) is 0 Å². The minimum absolute atomic E-state index is 0.0335. The Kier molecular flexibility index (Phi) is 5.52. The molecular weight excluding hydrogens is 406 g/mol. The molecule has 0 bridgehead atoms. The zero-order valence-electron chi connectivity index (χ0n) is 15.8. The van der Waals surface area contributed by atoms with Crippen LogP contribution in [0.4, 0.5) is 0 Å². The lowest BCUT2D eigenvalue weighted by Crippen LogP contribution is -2.45. The van der Waals surface area contributed by atoms with Crippen LogP contribution < -0.4 is 0 Å². The summed E-state index contributed by atoms with van der Waals surface area (Å²) in [5.74, 6) is -0.673. The fourth-order valence-electron chi connectivity index (χ4n) is 3.71. The van der Waals surface area contributed by atoms with Crippen LogP contribution in [0.25, 0.3) is 10.6 Å². The predicted molar refractivity (Wildman–Crippen MR) is 112 cm³/mol. The van der Waals surface area contributed by atoms with Crippen LogP contribution in [-0.2, 0) is 26.0 Å². The summed E-state index contributed by atoms with van der Waals surface area (Å²) in [7, 11) is -3.83. The molecule has 0 radical (unpaired) electrons. The van der Waals surface area contributed by atoms with Gasteiger partial charge < -0.3 is 4.74 Å². The second-order valence-electron chi connectivity index (χ2n) is 7.10. The lowest BCUT2D eigenvalue weighted by molar-refractivity contribution is -0.148. The molecule has 1 heterocycles. The van der Waals surface area contributed by atoms with Crippen molar-refractivity contribution < 1.29 is 17.9 Å². The van der Waals surface area contributed by atoms with E-state index in [1.807, 2.05) is 35.7 Å². The van der Waals surface area contributed by atoms with Crippen molar-refractivity contribution in [3.05, 3.63) is 71.7 Å². The maximum atomic E-state index is 13.3. The molecule has 1 aliphatic rings. The summed E-state index contributed by atoms with van der Waals surface area (Å²) in [6.07, 6.45) is 1.96. The Hall–Kier alpha value is -2.51. The molecule has 5 nitrogen and oxygen atoms in total. The van der Waals surface area contributed by atoms with Crippen LogP contribution in [-0.4, -0.2) is 24.1 Å². The molecule has 2 aromatic carbocycles. The lowest BCUT2D eigenvalue weighted by Gasteiger charge is -2.26. The molecule has 0 aliphatic heterocycles. The highest BCUT2D eigenvalue weighted by Gasteiger charge is 2.54. The Balaban J connectivity index is 1.53. The molecule has 0 spiro atoms. The van der Waals surface area contributed by atoms with Gasteiger partial charge in [0, 0.05) is 10.9 Å². The van der Waals surface area contributed by atoms with Gasteiger partial charge in [-0.1, -0.05) is 61.4 Å². The third-order valence-corrected chi connectivity index (χ3v) is 8.71. The van der Waals surface area contributed by atoms with Crippen LogP contribution >= 0.6 is 11.3 Å². The maximum Gasteiger partial charge on any atom is 0.328 e. The summed E-state index contributed by atoms with van der Waals surface area (Å²) < 4.78 is 30.6. The summed E-state index contributed by atoms with van der Waals surface area (Å²) >= 11 is 1.47. The second-order valence-corrected chi connectivity index (χ2v) is 10.2. The normalized spacial score (nSPS) is 15.9. The van der Waals surface area contributed by atoms with Crippen LogP contribution in [0.15, 0.2) is 70.9 Å². The van der Waals surface area contributed by atoms with Crippen LogP contribution in [0.2, 0.25) is 0 Å². The number of hydrogen-bond acceptors (Lipinski definition) is 6. The minimum Gasteiger partial charge on any atom is -0.458 e. The van der Waals surface area contributed by atoms with Gasteiger partial charge >= 0.3 is 5.97 Å². The van der Waals surface area contributed by atoms with E-state index in [0.717, 1.165) is 10.6 Å². The molecule has 0 saturated heterocycles. The monoisotopic (exact) mass is 427 g/mol. The number of carbonyl (C=O) groups excluding carboxylic acids is 1. The second kappa shape index (κ2) is 8.08. The predicted octanol–water partition coefficient (Wildman–Crippen LogP) is 4.64. The molecule has 1 aliphatic carbocycles. The Bertz CT molecular complexity index is 1090. The standard InChI is InChI=1S/C22H21NO4S2/c24-21(27-15-18-16-28-20(23-18)17-9-3-1-4-10-17)22(13-7-8-14-22)29(25,26)19-11-5-2-6-12-19/h1-6,9-12,16H,7-8,13-15H2. The Morgan fingerprint density at radius 2 is 1.62 bits per heavy atom. The summed E-state index contributed by atoms with van der Waals surface area (Å²) in [5.41, 5.74) is 1.61. The number of esters is 1. The first-order valence-electron chi connectivity index (χ1n) is 9.50. The first-order chi connectivity index (χ1) is 14.0. The van der Waals surface area contributed by atoms with Crippen LogP contribution in [0, 0.1) is 0 Å². The third-order valence-electron chi connectivity index (χ3n) is 5.27. The van der Waals surface area contributed by atoms with Crippen molar-refractivity contribution in [3.63, 3.8) is 0 Å². The quantitative estimate of drug-likeness (QED) is 0.536. The highest BCUT2D eigenvalue weighted by molar-refractivity contribution is 7.93. The zero-order chi connectivity index (χ0) is 20.3. The fraction of sp³-hybridized carbons (Fsp3) is 0.273. The summed E-state index contributed by atoms with van der Waals surface area (Å²) in [4.78, 5) is 17.7. The van der Waals surface area contributed by atoms with Gasteiger partial charge in [0.2, 0.25) is 0 Å². The van der Waals surface area contributed by atoms with Crippen LogP contribution in [0.5, 0.6) is 0 Å². The molecule has 0 unspecified atom stereocenters. The van der Waals surface area contributed by atoms with Crippen molar-refractivity contribution in [2.24, 2.45) is 0 Å². The highest BCUT2D eigenvalue weighted by Crippen LogP contribution is 2.41. The van der Waals surface area contributed by atoms with Crippen molar-refractivity contribution in [1.29, 1.82) is 0 Å². The summed E-state index contributed by atoms with van der Waals surface area (Å²) in [5, 5.41) is 2.67. The third kappa shape index (κ3) is 3.72. The average Bonchev–Trinajstić information content (AvgIpc) is 3.44. The maximum absolute atomic E-state index is 13.3. The fourth-order valence-corrected chi connectivity index (χ4v) is 6.59. The zero-order valence-corrected chi connectivity index (χ0v) is 17.4. The molecule has 4 rings (SSSR count). The number of sulfone groups is 1. The number of benzene rings is 2. The Morgan fingerprint density at radius 1 is 1.00 bits per heavy atom. The number of nitrogens with zero attached hydrogens (tertiary/aromatic N) is 1. The van der Waals surface area contributed by atoms with E-state index >= 15 is 0 Å². The van der Waals surface area contributed by atoms with Gasteiger partial charge in [-0.25, -0.2) is 13.4 Å². The van der Waals surface area contributed by atoms with Gasteiger partial charge in [0.15, 0.2) is 14.6 Å². The number of thiazole rings is 1. The number of ether oxygens (including phenoxy) is 1. The molecule has 29 heavy (non-hydrogen) atoms.